The molecule has 1 fully saturated rings. The number of ether oxygens (including phenoxy) is 1. The average molecular weight is 199 g/mol. The van der Waals surface area contributed by atoms with Crippen molar-refractivity contribution in [3.05, 3.63) is 0 Å². The van der Waals surface area contributed by atoms with Gasteiger partial charge < -0.3 is 10.5 Å². The van der Waals surface area contributed by atoms with E-state index in [0.717, 1.165) is 12.8 Å². The largest absolute Gasteiger partial charge is 0.461 e. The van der Waals surface area contributed by atoms with Gasteiger partial charge in [-0.1, -0.05) is 20.3 Å². The fraction of sp³-hybridized carbons (Fsp3) is 0.909. The van der Waals surface area contributed by atoms with Gasteiger partial charge in [-0.05, 0) is 31.6 Å². The fourth-order valence-electron chi connectivity index (χ4n) is 1.90. The third-order valence-electron chi connectivity index (χ3n) is 2.91. The Bertz CT molecular complexity index is 194. The molecule has 0 spiro atoms. The van der Waals surface area contributed by atoms with Gasteiger partial charge >= 0.3 is 5.97 Å². The van der Waals surface area contributed by atoms with E-state index in [1.165, 1.54) is 12.8 Å². The van der Waals surface area contributed by atoms with Crippen LogP contribution in [0.15, 0.2) is 0 Å². The minimum atomic E-state index is -0.438. The Morgan fingerprint density at radius 1 is 1.57 bits per heavy atom. The van der Waals surface area contributed by atoms with Gasteiger partial charge in [-0.25, -0.2) is 0 Å². The second-order valence-corrected chi connectivity index (χ2v) is 4.35. The molecular formula is C11H21NO2. The van der Waals surface area contributed by atoms with E-state index in [1.807, 2.05) is 6.92 Å². The molecule has 0 bridgehead atoms. The highest BCUT2D eigenvalue weighted by atomic mass is 16.5. The van der Waals surface area contributed by atoms with Gasteiger partial charge in [0.15, 0.2) is 0 Å². The molecule has 0 saturated heterocycles. The second kappa shape index (κ2) is 5.35. The van der Waals surface area contributed by atoms with E-state index in [2.05, 4.69) is 6.92 Å². The molecule has 2 N–H and O–H groups in total. The Morgan fingerprint density at radius 2 is 2.29 bits per heavy atom. The molecule has 3 atom stereocenters. The number of carbonyl (C=O) groups is 1. The molecule has 3 heteroatoms. The maximum Gasteiger partial charge on any atom is 0.323 e. The van der Waals surface area contributed by atoms with Gasteiger partial charge in [0.2, 0.25) is 0 Å². The summed E-state index contributed by atoms with van der Waals surface area (Å²) in [4.78, 5) is 11.4. The zero-order valence-electron chi connectivity index (χ0n) is 9.16. The zero-order valence-corrected chi connectivity index (χ0v) is 9.16. The van der Waals surface area contributed by atoms with Crippen LogP contribution in [0.1, 0.15) is 46.0 Å². The van der Waals surface area contributed by atoms with Gasteiger partial charge in [-0.15, -0.1) is 0 Å². The molecule has 14 heavy (non-hydrogen) atoms. The molecule has 1 aliphatic rings. The molecule has 1 aliphatic carbocycles. The van der Waals surface area contributed by atoms with E-state index >= 15 is 0 Å². The van der Waals surface area contributed by atoms with Crippen LogP contribution in [0.4, 0.5) is 0 Å². The number of esters is 1. The molecule has 0 aromatic carbocycles. The van der Waals surface area contributed by atoms with Crippen molar-refractivity contribution in [1.82, 2.24) is 0 Å². The summed E-state index contributed by atoms with van der Waals surface area (Å²) in [5.74, 6) is 0.450. The summed E-state index contributed by atoms with van der Waals surface area (Å²) in [7, 11) is 0. The van der Waals surface area contributed by atoms with Crippen molar-refractivity contribution in [3.8, 4) is 0 Å². The summed E-state index contributed by atoms with van der Waals surface area (Å²) in [6.45, 7) is 4.11. The molecule has 2 unspecified atom stereocenters. The lowest BCUT2D eigenvalue weighted by atomic mass is 9.89. The number of carbonyl (C=O) groups excluding carboxylic acids is 1. The molecule has 82 valence electrons. The molecule has 0 amide bonds. The number of nitrogens with two attached hydrogens (primary N) is 1. The highest BCUT2D eigenvalue weighted by molar-refractivity contribution is 5.75. The third-order valence-corrected chi connectivity index (χ3v) is 2.91. The van der Waals surface area contributed by atoms with Crippen LogP contribution in [-0.4, -0.2) is 18.1 Å². The minimum Gasteiger partial charge on any atom is -0.461 e. The highest BCUT2D eigenvalue weighted by Gasteiger charge is 2.23. The maximum atomic E-state index is 11.4. The van der Waals surface area contributed by atoms with E-state index in [4.69, 9.17) is 10.5 Å². The van der Waals surface area contributed by atoms with Gasteiger partial charge in [0.25, 0.3) is 0 Å². The lowest BCUT2D eigenvalue weighted by molar-refractivity contribution is -0.152. The standard InChI is InChI=1S/C11H21NO2/c1-3-10(12)11(13)14-9-6-4-5-8(2)7-9/h8-10H,3-7,12H2,1-2H3/t8?,9?,10-/m0/s1. The molecule has 0 aromatic heterocycles. The van der Waals surface area contributed by atoms with Crippen LogP contribution in [0.2, 0.25) is 0 Å². The van der Waals surface area contributed by atoms with Crippen molar-refractivity contribution >= 4 is 5.97 Å². The van der Waals surface area contributed by atoms with Gasteiger partial charge in [0, 0.05) is 0 Å². The van der Waals surface area contributed by atoms with E-state index in [-0.39, 0.29) is 12.1 Å². The normalized spacial score (nSPS) is 29.6. The van der Waals surface area contributed by atoms with Crippen molar-refractivity contribution in [2.24, 2.45) is 11.7 Å². The summed E-state index contributed by atoms with van der Waals surface area (Å²) < 4.78 is 5.35. The fourth-order valence-corrected chi connectivity index (χ4v) is 1.90. The smallest absolute Gasteiger partial charge is 0.323 e. The summed E-state index contributed by atoms with van der Waals surface area (Å²) in [6, 6.07) is -0.438. The SMILES string of the molecule is CC[C@H](N)C(=O)OC1CCCC(C)C1. The van der Waals surface area contributed by atoms with E-state index in [0.29, 0.717) is 12.3 Å². The maximum absolute atomic E-state index is 11.4. The predicted molar refractivity (Wildman–Crippen MR) is 55.8 cm³/mol. The van der Waals surface area contributed by atoms with Crippen LogP contribution in [0.5, 0.6) is 0 Å². The molecule has 0 radical (unpaired) electrons. The second-order valence-electron chi connectivity index (χ2n) is 4.35. The Balaban J connectivity index is 2.32. The Labute approximate surface area is 86.0 Å². The molecule has 3 nitrogen and oxygen atoms in total. The van der Waals surface area contributed by atoms with E-state index in [1.54, 1.807) is 0 Å². The lowest BCUT2D eigenvalue weighted by Gasteiger charge is -2.27. The van der Waals surface area contributed by atoms with Crippen molar-refractivity contribution in [1.29, 1.82) is 0 Å². The van der Waals surface area contributed by atoms with Gasteiger partial charge in [-0.3, -0.25) is 4.79 Å². The van der Waals surface area contributed by atoms with Crippen molar-refractivity contribution in [2.75, 3.05) is 0 Å². The van der Waals surface area contributed by atoms with Crippen LogP contribution in [0, 0.1) is 5.92 Å². The van der Waals surface area contributed by atoms with Gasteiger partial charge in [0.05, 0.1) is 0 Å². The highest BCUT2D eigenvalue weighted by Crippen LogP contribution is 2.25. The first kappa shape index (κ1) is 11.5. The van der Waals surface area contributed by atoms with Crippen LogP contribution in [0.3, 0.4) is 0 Å². The van der Waals surface area contributed by atoms with Gasteiger partial charge in [0.1, 0.15) is 12.1 Å². The first-order chi connectivity index (χ1) is 6.63. The monoisotopic (exact) mass is 199 g/mol. The molecule has 0 heterocycles. The van der Waals surface area contributed by atoms with E-state index in [9.17, 15) is 4.79 Å². The molecule has 0 aromatic rings. The molecule has 1 rings (SSSR count). The summed E-state index contributed by atoms with van der Waals surface area (Å²) in [5.41, 5.74) is 5.59. The molecular weight excluding hydrogens is 178 g/mol. The zero-order chi connectivity index (χ0) is 10.6. The number of hydrogen-bond acceptors (Lipinski definition) is 3. The summed E-state index contributed by atoms with van der Waals surface area (Å²) in [5, 5.41) is 0. The Hall–Kier alpha value is -0.570. The van der Waals surface area contributed by atoms with Crippen LogP contribution < -0.4 is 5.73 Å². The van der Waals surface area contributed by atoms with Gasteiger partial charge in [-0.2, -0.15) is 0 Å². The minimum absolute atomic E-state index is 0.115. The quantitative estimate of drug-likeness (QED) is 0.706. The van der Waals surface area contributed by atoms with Crippen molar-refractivity contribution < 1.29 is 9.53 Å². The summed E-state index contributed by atoms with van der Waals surface area (Å²) >= 11 is 0. The van der Waals surface area contributed by atoms with Crippen LogP contribution in [-0.2, 0) is 9.53 Å². The summed E-state index contributed by atoms with van der Waals surface area (Å²) in [6.07, 6.45) is 5.20. The average Bonchev–Trinajstić information content (AvgIpc) is 2.16. The van der Waals surface area contributed by atoms with E-state index < -0.39 is 6.04 Å². The Morgan fingerprint density at radius 3 is 2.86 bits per heavy atom. The topological polar surface area (TPSA) is 52.3 Å². The van der Waals surface area contributed by atoms with Crippen LogP contribution in [0.25, 0.3) is 0 Å². The number of rotatable bonds is 3. The Kier molecular flexibility index (Phi) is 4.39. The first-order valence-electron chi connectivity index (χ1n) is 5.59. The van der Waals surface area contributed by atoms with Crippen molar-refractivity contribution in [3.63, 3.8) is 0 Å². The molecule has 1 saturated carbocycles. The number of hydrogen-bond donors (Lipinski definition) is 1. The predicted octanol–water partition coefficient (Wildman–Crippen LogP) is 1.85. The van der Waals surface area contributed by atoms with Crippen molar-refractivity contribution in [2.45, 2.75) is 58.1 Å². The van der Waals surface area contributed by atoms with Crippen LogP contribution >= 0.6 is 0 Å². The lowest BCUT2D eigenvalue weighted by Crippen LogP contribution is -2.35. The first-order valence-corrected chi connectivity index (χ1v) is 5.59. The third kappa shape index (κ3) is 3.29. The molecule has 0 aliphatic heterocycles.